The molecule has 0 bridgehead atoms. The first kappa shape index (κ1) is 18.6. The number of rotatable bonds is 8. The third-order valence-corrected chi connectivity index (χ3v) is 4.69. The summed E-state index contributed by atoms with van der Waals surface area (Å²) in [6, 6.07) is 2.67. The van der Waals surface area contributed by atoms with Gasteiger partial charge in [-0.25, -0.2) is 17.9 Å². The van der Waals surface area contributed by atoms with Gasteiger partial charge in [0, 0.05) is 13.2 Å². The van der Waals surface area contributed by atoms with Gasteiger partial charge in [-0.15, -0.1) is 0 Å². The monoisotopic (exact) mass is 329 g/mol. The molecule has 22 heavy (non-hydrogen) atoms. The maximum Gasteiger partial charge on any atom is 0.336 e. The zero-order chi connectivity index (χ0) is 16.9. The van der Waals surface area contributed by atoms with Crippen molar-refractivity contribution >= 4 is 16.0 Å². The summed E-state index contributed by atoms with van der Waals surface area (Å²) in [5.74, 6) is -1.14. The summed E-state index contributed by atoms with van der Waals surface area (Å²) in [5.41, 5.74) is 1.20. The first-order valence-electron chi connectivity index (χ1n) is 7.11. The van der Waals surface area contributed by atoms with Gasteiger partial charge in [-0.2, -0.15) is 0 Å². The maximum absolute atomic E-state index is 12.2. The van der Waals surface area contributed by atoms with E-state index in [1.807, 2.05) is 13.8 Å². The van der Waals surface area contributed by atoms with Crippen molar-refractivity contribution in [3.63, 3.8) is 0 Å². The number of nitrogens with one attached hydrogen (secondary N) is 1. The number of benzene rings is 1. The lowest BCUT2D eigenvalue weighted by Crippen LogP contribution is -2.26. The van der Waals surface area contributed by atoms with Crippen LogP contribution in [0.15, 0.2) is 17.0 Å². The van der Waals surface area contributed by atoms with Gasteiger partial charge in [0.05, 0.1) is 16.6 Å². The van der Waals surface area contributed by atoms with E-state index in [9.17, 15) is 13.2 Å². The zero-order valence-electron chi connectivity index (χ0n) is 13.3. The average molecular weight is 329 g/mol. The van der Waals surface area contributed by atoms with Crippen LogP contribution >= 0.6 is 0 Å². The van der Waals surface area contributed by atoms with E-state index in [0.29, 0.717) is 24.2 Å². The van der Waals surface area contributed by atoms with Crippen molar-refractivity contribution in [2.45, 2.75) is 45.1 Å². The Bertz CT molecular complexity index is 638. The molecule has 0 atom stereocenters. The van der Waals surface area contributed by atoms with E-state index in [1.54, 1.807) is 13.8 Å². The fraction of sp³-hybridized carbons (Fsp3) is 0.533. The molecule has 0 heterocycles. The number of hydrogen-bond donors (Lipinski definition) is 2. The van der Waals surface area contributed by atoms with Gasteiger partial charge >= 0.3 is 5.97 Å². The van der Waals surface area contributed by atoms with Gasteiger partial charge in [0.25, 0.3) is 0 Å². The summed E-state index contributed by atoms with van der Waals surface area (Å²) in [6.07, 6.45) is 0.656. The zero-order valence-corrected chi connectivity index (χ0v) is 14.2. The topological polar surface area (TPSA) is 92.7 Å². The second-order valence-electron chi connectivity index (χ2n) is 5.39. The van der Waals surface area contributed by atoms with E-state index >= 15 is 0 Å². The molecular formula is C15H23NO5S. The Morgan fingerprint density at radius 1 is 1.32 bits per heavy atom. The lowest BCUT2D eigenvalue weighted by Gasteiger charge is -2.12. The summed E-state index contributed by atoms with van der Waals surface area (Å²) >= 11 is 0. The van der Waals surface area contributed by atoms with E-state index in [4.69, 9.17) is 9.84 Å². The summed E-state index contributed by atoms with van der Waals surface area (Å²) in [4.78, 5) is 11.2. The van der Waals surface area contributed by atoms with Crippen molar-refractivity contribution in [1.82, 2.24) is 4.72 Å². The van der Waals surface area contributed by atoms with E-state index in [-0.39, 0.29) is 23.1 Å². The molecule has 6 nitrogen and oxygen atoms in total. The Hall–Kier alpha value is -1.44. The molecule has 1 rings (SSSR count). The van der Waals surface area contributed by atoms with E-state index in [1.165, 1.54) is 12.1 Å². The van der Waals surface area contributed by atoms with Crippen molar-refractivity contribution in [1.29, 1.82) is 0 Å². The SMILES string of the molecule is Cc1cc(S(=O)(=O)NCCCOC(C)C)cc(C(=O)O)c1C. The molecule has 0 aromatic heterocycles. The van der Waals surface area contributed by atoms with Crippen LogP contribution in [0.5, 0.6) is 0 Å². The van der Waals surface area contributed by atoms with E-state index < -0.39 is 16.0 Å². The van der Waals surface area contributed by atoms with Crippen molar-refractivity contribution in [3.05, 3.63) is 28.8 Å². The van der Waals surface area contributed by atoms with Gasteiger partial charge in [-0.05, 0) is 57.4 Å². The summed E-state index contributed by atoms with van der Waals surface area (Å²) in [5, 5.41) is 9.15. The highest BCUT2D eigenvalue weighted by Gasteiger charge is 2.19. The number of aryl methyl sites for hydroxylation is 1. The molecule has 7 heteroatoms. The number of carbonyl (C=O) groups is 1. The molecule has 0 fully saturated rings. The molecule has 0 aliphatic rings. The predicted octanol–water partition coefficient (Wildman–Crippen LogP) is 2.10. The van der Waals surface area contributed by atoms with Gasteiger partial charge in [0.1, 0.15) is 0 Å². The first-order chi connectivity index (χ1) is 10.1. The second-order valence-corrected chi connectivity index (χ2v) is 7.16. The highest BCUT2D eigenvalue weighted by Crippen LogP contribution is 2.20. The Labute approximate surface area is 131 Å². The van der Waals surface area contributed by atoms with E-state index in [0.717, 1.165) is 0 Å². The smallest absolute Gasteiger partial charge is 0.336 e. The van der Waals surface area contributed by atoms with Gasteiger partial charge in [-0.1, -0.05) is 0 Å². The normalized spacial score (nSPS) is 11.9. The molecule has 124 valence electrons. The largest absolute Gasteiger partial charge is 0.478 e. The molecule has 1 aromatic carbocycles. The van der Waals surface area contributed by atoms with Crippen LogP contribution in [0.3, 0.4) is 0 Å². The van der Waals surface area contributed by atoms with Crippen LogP contribution in [0, 0.1) is 13.8 Å². The summed E-state index contributed by atoms with van der Waals surface area (Å²) in [6.45, 7) is 7.88. The van der Waals surface area contributed by atoms with Crippen molar-refractivity contribution in [2.24, 2.45) is 0 Å². The van der Waals surface area contributed by atoms with Crippen LogP contribution in [0.1, 0.15) is 41.8 Å². The van der Waals surface area contributed by atoms with Gasteiger partial charge in [-0.3, -0.25) is 0 Å². The molecule has 0 amide bonds. The predicted molar refractivity (Wildman–Crippen MR) is 83.8 cm³/mol. The van der Waals surface area contributed by atoms with Crippen LogP contribution in [0.25, 0.3) is 0 Å². The summed E-state index contributed by atoms with van der Waals surface area (Å²) in [7, 11) is -3.73. The Morgan fingerprint density at radius 2 is 1.95 bits per heavy atom. The average Bonchev–Trinajstić information content (AvgIpc) is 2.40. The molecule has 1 aromatic rings. The van der Waals surface area contributed by atoms with Gasteiger partial charge in [0.2, 0.25) is 10.0 Å². The van der Waals surface area contributed by atoms with Crippen LogP contribution in [-0.2, 0) is 14.8 Å². The maximum atomic E-state index is 12.2. The third kappa shape index (κ3) is 5.08. The standard InChI is InChI=1S/C15H23NO5S/c1-10(2)21-7-5-6-16-22(19,20)13-8-11(3)12(4)14(9-13)15(17)18/h8-10,16H,5-7H2,1-4H3,(H,17,18). The number of carboxylic acids is 1. The molecule has 0 aliphatic heterocycles. The molecule has 0 aliphatic carbocycles. The molecular weight excluding hydrogens is 306 g/mol. The Balaban J connectivity index is 2.83. The van der Waals surface area contributed by atoms with Crippen LogP contribution in [0.2, 0.25) is 0 Å². The van der Waals surface area contributed by atoms with Gasteiger partial charge < -0.3 is 9.84 Å². The minimum atomic E-state index is -3.73. The molecule has 0 unspecified atom stereocenters. The number of ether oxygens (including phenoxy) is 1. The van der Waals surface area contributed by atoms with Crippen molar-refractivity contribution in [3.8, 4) is 0 Å². The number of hydrogen-bond acceptors (Lipinski definition) is 4. The Morgan fingerprint density at radius 3 is 2.50 bits per heavy atom. The number of sulfonamides is 1. The lowest BCUT2D eigenvalue weighted by atomic mass is 10.0. The van der Waals surface area contributed by atoms with E-state index in [2.05, 4.69) is 4.72 Å². The van der Waals surface area contributed by atoms with Crippen LogP contribution in [-0.4, -0.2) is 38.7 Å². The molecule has 0 spiro atoms. The van der Waals surface area contributed by atoms with Crippen LogP contribution in [0.4, 0.5) is 0 Å². The summed E-state index contributed by atoms with van der Waals surface area (Å²) < 4.78 is 32.2. The highest BCUT2D eigenvalue weighted by atomic mass is 32.2. The number of aromatic carboxylic acids is 1. The quantitative estimate of drug-likeness (QED) is 0.713. The minimum absolute atomic E-state index is 0.00326. The van der Waals surface area contributed by atoms with Gasteiger partial charge in [0.15, 0.2) is 0 Å². The Kier molecular flexibility index (Phi) is 6.52. The molecule has 0 saturated heterocycles. The third-order valence-electron chi connectivity index (χ3n) is 3.25. The lowest BCUT2D eigenvalue weighted by molar-refractivity contribution is 0.0695. The fourth-order valence-corrected chi connectivity index (χ4v) is 3.07. The van der Waals surface area contributed by atoms with Crippen molar-refractivity contribution < 1.29 is 23.1 Å². The van der Waals surface area contributed by atoms with Crippen LogP contribution < -0.4 is 4.72 Å². The number of carboxylic acid groups (broad SMARTS) is 1. The highest BCUT2D eigenvalue weighted by molar-refractivity contribution is 7.89. The molecule has 2 N–H and O–H groups in total. The molecule has 0 radical (unpaired) electrons. The minimum Gasteiger partial charge on any atom is -0.478 e. The van der Waals surface area contributed by atoms with Crippen molar-refractivity contribution in [2.75, 3.05) is 13.2 Å². The molecule has 0 saturated carbocycles. The fourth-order valence-electron chi connectivity index (χ4n) is 1.88. The first-order valence-corrected chi connectivity index (χ1v) is 8.59. The second kappa shape index (κ2) is 7.71.